The second kappa shape index (κ2) is 20.4. The van der Waals surface area contributed by atoms with Gasteiger partial charge in [-0.1, -0.05) is 39.0 Å². The lowest BCUT2D eigenvalue weighted by Gasteiger charge is -2.34. The van der Waals surface area contributed by atoms with Gasteiger partial charge >= 0.3 is 19.7 Å². The Morgan fingerprint density at radius 1 is 0.968 bits per heavy atom. The Labute approximate surface area is 371 Å². The second-order valence-electron chi connectivity index (χ2n) is 16.9. The largest absolute Gasteiger partial charge is 0.488 e. The monoisotopic (exact) mass is 908 g/mol. The molecular formula is C44H57N6O11PS. The molecule has 5 atom stereocenters. The van der Waals surface area contributed by atoms with Crippen molar-refractivity contribution in [3.05, 3.63) is 60.0 Å². The Bertz CT molecular complexity index is 2300. The molecule has 3 heterocycles. The number of aromatic nitrogens is 2. The number of esters is 1. The highest BCUT2D eigenvalue weighted by Crippen LogP contribution is 2.50. The summed E-state index contributed by atoms with van der Waals surface area (Å²) in [5.41, 5.74) is 6.60. The van der Waals surface area contributed by atoms with Crippen molar-refractivity contribution in [1.29, 1.82) is 0 Å². The van der Waals surface area contributed by atoms with Crippen LogP contribution in [-0.4, -0.2) is 94.7 Å². The van der Waals surface area contributed by atoms with Gasteiger partial charge in [-0.05, 0) is 83.1 Å². The predicted molar refractivity (Wildman–Crippen MR) is 238 cm³/mol. The highest BCUT2D eigenvalue weighted by molar-refractivity contribution is 7.54. The molecule has 1 saturated carbocycles. The van der Waals surface area contributed by atoms with Crippen LogP contribution in [0.1, 0.15) is 80.6 Å². The number of ether oxygens (including phenoxy) is 4. The zero-order valence-electron chi connectivity index (χ0n) is 36.7. The summed E-state index contributed by atoms with van der Waals surface area (Å²) in [6.45, 7) is 12.7. The first kappa shape index (κ1) is 47.0. The van der Waals surface area contributed by atoms with Crippen LogP contribution in [0.3, 0.4) is 0 Å². The fourth-order valence-corrected chi connectivity index (χ4v) is 9.64. The number of alkyl carbamates (subject to hydrolysis) is 1. The number of carbonyl (C=O) groups is 4. The molecule has 0 spiro atoms. The standard InChI is InChI=1S/C44H57N6O11PS/c1-8-56-41(53)27(4)60-62(55,61-29-16-10-9-11-17-29)25-57-30-18-19-32-33(20-30)47-34(35-24-63-42(48-35)46-26(2)3)22-37(32)58-31-21-36(39(45)51)50(23-31)40(52)38(44(5,6)7)49-43(54)59-28-14-12-13-15-28/h9-11,16-20,22,24,26-28,31,36,38H,8,12-15,21,23,25H2,1-7H3,(H2,45,51)(H,46,48)(H,49,54)/t27-,31+,36-,38+,62?/m0/s1. The molecule has 2 aliphatic rings. The third-order valence-electron chi connectivity index (χ3n) is 10.4. The third-order valence-corrected chi connectivity index (χ3v) is 12.7. The maximum absolute atomic E-state index is 14.3. The number of para-hydroxylation sites is 1. The Hall–Kier alpha value is -5.45. The quantitative estimate of drug-likeness (QED) is 0.0645. The van der Waals surface area contributed by atoms with E-state index in [0.29, 0.717) is 33.2 Å². The number of pyridine rings is 1. The first-order chi connectivity index (χ1) is 29.9. The molecule has 2 fully saturated rings. The molecule has 1 aliphatic carbocycles. The van der Waals surface area contributed by atoms with Crippen molar-refractivity contribution in [2.24, 2.45) is 11.1 Å². The lowest BCUT2D eigenvalue weighted by molar-refractivity contribution is -0.150. The lowest BCUT2D eigenvalue weighted by atomic mass is 9.85. The number of amides is 3. The Balaban J connectivity index is 1.29. The highest BCUT2D eigenvalue weighted by atomic mass is 32.1. The Kier molecular flexibility index (Phi) is 15.2. The number of hydrogen-bond donors (Lipinski definition) is 3. The van der Waals surface area contributed by atoms with Crippen molar-refractivity contribution >= 4 is 58.8 Å². The van der Waals surface area contributed by atoms with Crippen molar-refractivity contribution in [3.63, 3.8) is 0 Å². The van der Waals surface area contributed by atoms with E-state index >= 15 is 0 Å². The summed E-state index contributed by atoms with van der Waals surface area (Å²) in [5, 5.41) is 9.19. The van der Waals surface area contributed by atoms with Crippen LogP contribution in [0.2, 0.25) is 0 Å². The molecule has 0 bridgehead atoms. The van der Waals surface area contributed by atoms with Gasteiger partial charge in [0.25, 0.3) is 0 Å². The maximum Gasteiger partial charge on any atom is 0.417 e. The van der Waals surface area contributed by atoms with Gasteiger partial charge in [-0.15, -0.1) is 11.3 Å². The molecule has 2 aromatic carbocycles. The summed E-state index contributed by atoms with van der Waals surface area (Å²) in [6.07, 6.45) is 0.203. The Morgan fingerprint density at radius 3 is 2.37 bits per heavy atom. The molecule has 0 radical (unpaired) electrons. The number of fused-ring (bicyclic) bond motifs is 1. The SMILES string of the molecule is CCOC(=O)[C@H](C)OP(=O)(COc1ccc2c(O[C@@H]3C[C@@H](C(N)=O)N(C(=O)[C@@H](NC(=O)OC4CCCC4)C(C)(C)C)C3)cc(-c3csc(NC(C)C)n3)nc2c1)Oc1ccccc1. The van der Waals surface area contributed by atoms with E-state index < -0.39 is 67.5 Å². The van der Waals surface area contributed by atoms with E-state index in [1.807, 2.05) is 40.0 Å². The van der Waals surface area contributed by atoms with E-state index in [1.54, 1.807) is 61.5 Å². The van der Waals surface area contributed by atoms with Gasteiger partial charge in [0.15, 0.2) is 11.2 Å². The molecule has 340 valence electrons. The van der Waals surface area contributed by atoms with Gasteiger partial charge in [-0.3, -0.25) is 14.1 Å². The zero-order valence-corrected chi connectivity index (χ0v) is 38.4. The van der Waals surface area contributed by atoms with Crippen molar-refractivity contribution < 1.29 is 51.7 Å². The molecule has 4 N–H and O–H groups in total. The first-order valence-electron chi connectivity index (χ1n) is 21.1. The number of nitrogens with zero attached hydrogens (tertiary/aromatic N) is 3. The average Bonchev–Trinajstić information content (AvgIpc) is 4.01. The van der Waals surface area contributed by atoms with Crippen molar-refractivity contribution in [2.75, 3.05) is 24.8 Å². The lowest BCUT2D eigenvalue weighted by Crippen LogP contribution is -2.57. The summed E-state index contributed by atoms with van der Waals surface area (Å²) in [7, 11) is -4.14. The number of likely N-dealkylation sites (tertiary alicyclic amines) is 1. The van der Waals surface area contributed by atoms with Crippen LogP contribution in [0, 0.1) is 5.41 Å². The second-order valence-corrected chi connectivity index (χ2v) is 19.7. The number of carbonyl (C=O) groups excluding carboxylic acids is 4. The number of hydrogen-bond acceptors (Lipinski definition) is 15. The van der Waals surface area contributed by atoms with Crippen LogP contribution < -0.4 is 30.4 Å². The predicted octanol–water partition coefficient (Wildman–Crippen LogP) is 7.67. The van der Waals surface area contributed by atoms with E-state index in [0.717, 1.165) is 25.7 Å². The molecule has 3 amide bonds. The van der Waals surface area contributed by atoms with Gasteiger partial charge < -0.3 is 44.7 Å². The minimum atomic E-state index is -4.14. The fraction of sp³-hybridized carbons (Fsp3) is 0.500. The minimum Gasteiger partial charge on any atom is -0.488 e. The summed E-state index contributed by atoms with van der Waals surface area (Å²) >= 11 is 1.41. The van der Waals surface area contributed by atoms with Crippen LogP contribution in [0.5, 0.6) is 17.2 Å². The topological polar surface area (TPSA) is 220 Å². The number of nitrogens with one attached hydrogen (secondary N) is 2. The molecule has 1 saturated heterocycles. The van der Waals surface area contributed by atoms with Gasteiger partial charge in [0, 0.05) is 35.4 Å². The number of primary amides is 1. The minimum absolute atomic E-state index is 0.00119. The van der Waals surface area contributed by atoms with Crippen LogP contribution in [0.25, 0.3) is 22.3 Å². The number of anilines is 1. The van der Waals surface area contributed by atoms with Crippen LogP contribution >= 0.6 is 18.9 Å². The molecule has 63 heavy (non-hydrogen) atoms. The molecule has 2 aromatic heterocycles. The number of benzene rings is 2. The fourth-order valence-electron chi connectivity index (χ4n) is 7.32. The van der Waals surface area contributed by atoms with Gasteiger partial charge in [0.2, 0.25) is 18.2 Å². The smallest absolute Gasteiger partial charge is 0.417 e. The number of nitrogens with two attached hydrogens (primary N) is 1. The van der Waals surface area contributed by atoms with E-state index in [-0.39, 0.29) is 43.2 Å². The first-order valence-corrected chi connectivity index (χ1v) is 23.7. The average molecular weight is 909 g/mol. The maximum atomic E-state index is 14.3. The zero-order chi connectivity index (χ0) is 45.5. The van der Waals surface area contributed by atoms with Gasteiger partial charge in [0.1, 0.15) is 47.2 Å². The van der Waals surface area contributed by atoms with Gasteiger partial charge in [-0.2, -0.15) is 0 Å². The molecule has 1 unspecified atom stereocenters. The van der Waals surface area contributed by atoms with E-state index in [2.05, 4.69) is 10.6 Å². The molecule has 1 aliphatic heterocycles. The van der Waals surface area contributed by atoms with Gasteiger partial charge in [0.05, 0.1) is 24.4 Å². The van der Waals surface area contributed by atoms with Crippen LogP contribution in [0.15, 0.2) is 60.0 Å². The van der Waals surface area contributed by atoms with E-state index in [1.165, 1.54) is 23.2 Å². The number of thiazole rings is 1. The summed E-state index contributed by atoms with van der Waals surface area (Å²) in [6, 6.07) is 13.2. The van der Waals surface area contributed by atoms with Crippen LogP contribution in [0.4, 0.5) is 9.93 Å². The summed E-state index contributed by atoms with van der Waals surface area (Å²) < 4.78 is 49.1. The van der Waals surface area contributed by atoms with E-state index in [4.69, 9.17) is 43.7 Å². The van der Waals surface area contributed by atoms with Crippen LogP contribution in [-0.2, 0) is 32.9 Å². The van der Waals surface area contributed by atoms with Gasteiger partial charge in [-0.25, -0.2) is 24.1 Å². The highest BCUT2D eigenvalue weighted by Gasteiger charge is 2.45. The normalized spacial score (nSPS) is 18.6. The Morgan fingerprint density at radius 2 is 1.70 bits per heavy atom. The molecular weight excluding hydrogens is 852 g/mol. The molecule has 17 nitrogen and oxygen atoms in total. The van der Waals surface area contributed by atoms with E-state index in [9.17, 15) is 23.7 Å². The van der Waals surface area contributed by atoms with Crippen molar-refractivity contribution in [1.82, 2.24) is 20.2 Å². The molecule has 6 rings (SSSR count). The number of rotatable bonds is 18. The summed E-state index contributed by atoms with van der Waals surface area (Å²) in [5.74, 6) is -1.02. The molecule has 4 aromatic rings. The van der Waals surface area contributed by atoms with Crippen molar-refractivity contribution in [2.45, 2.75) is 117 Å². The molecule has 19 heteroatoms. The summed E-state index contributed by atoms with van der Waals surface area (Å²) in [4.78, 5) is 63.7. The van der Waals surface area contributed by atoms with Crippen molar-refractivity contribution in [3.8, 4) is 28.6 Å². The third kappa shape index (κ3) is 12.4.